The van der Waals surface area contributed by atoms with Crippen molar-refractivity contribution >= 4 is 17.7 Å². The Morgan fingerprint density at radius 3 is 2.75 bits per heavy atom. The van der Waals surface area contributed by atoms with Crippen LogP contribution in [0.1, 0.15) is 5.56 Å². The Labute approximate surface area is 115 Å². The molecule has 2 rings (SSSR count). The molecule has 0 atom stereocenters. The molecule has 0 fully saturated rings. The zero-order valence-corrected chi connectivity index (χ0v) is 10.4. The van der Waals surface area contributed by atoms with Crippen LogP contribution in [0.2, 0.25) is 0 Å². The first-order valence-electron chi connectivity index (χ1n) is 5.78. The molecule has 1 heterocycles. The average Bonchev–Trinajstić information content (AvgIpc) is 2.48. The van der Waals surface area contributed by atoms with E-state index < -0.39 is 11.7 Å². The van der Waals surface area contributed by atoms with Gasteiger partial charge in [-0.05, 0) is 29.8 Å². The van der Waals surface area contributed by atoms with Crippen molar-refractivity contribution in [3.05, 3.63) is 65.7 Å². The van der Waals surface area contributed by atoms with Crippen LogP contribution >= 0.6 is 0 Å². The lowest BCUT2D eigenvalue weighted by molar-refractivity contribution is -0.112. The van der Waals surface area contributed by atoms with E-state index in [1.807, 2.05) is 0 Å². The van der Waals surface area contributed by atoms with Gasteiger partial charge in [0.1, 0.15) is 17.5 Å². The van der Waals surface area contributed by atoms with E-state index in [0.717, 1.165) is 0 Å². The summed E-state index contributed by atoms with van der Waals surface area (Å²) in [5.41, 5.74) is 0.527. The number of halogens is 1. The Morgan fingerprint density at radius 2 is 2.10 bits per heavy atom. The zero-order chi connectivity index (χ0) is 14.4. The maximum absolute atomic E-state index is 13.4. The highest BCUT2D eigenvalue weighted by Crippen LogP contribution is 2.14. The van der Waals surface area contributed by atoms with Crippen molar-refractivity contribution in [1.29, 1.82) is 5.26 Å². The molecule has 1 N–H and O–H groups in total. The number of nitrogens with zero attached hydrogens (tertiary/aromatic N) is 2. The highest BCUT2D eigenvalue weighted by Gasteiger charge is 2.11. The first-order chi connectivity index (χ1) is 9.70. The summed E-state index contributed by atoms with van der Waals surface area (Å²) in [5.74, 6) is -1.22. The molecule has 0 spiro atoms. The smallest absolute Gasteiger partial charge is 0.266 e. The van der Waals surface area contributed by atoms with E-state index in [2.05, 4.69) is 10.3 Å². The van der Waals surface area contributed by atoms with Crippen molar-refractivity contribution in [1.82, 2.24) is 4.98 Å². The zero-order valence-electron chi connectivity index (χ0n) is 10.4. The summed E-state index contributed by atoms with van der Waals surface area (Å²) in [6.45, 7) is 0. The van der Waals surface area contributed by atoms with Gasteiger partial charge in [0.2, 0.25) is 0 Å². The molecule has 1 aromatic carbocycles. The van der Waals surface area contributed by atoms with Crippen LogP contribution in [0.15, 0.2) is 54.4 Å². The third kappa shape index (κ3) is 3.27. The fourth-order valence-corrected chi connectivity index (χ4v) is 1.53. The second kappa shape index (κ2) is 6.25. The SMILES string of the molecule is N#C/C(=C\c1cccnc1)C(=O)Nc1ccccc1F. The number of hydrogen-bond donors (Lipinski definition) is 1. The van der Waals surface area contributed by atoms with Crippen molar-refractivity contribution in [2.45, 2.75) is 0 Å². The molecule has 0 aliphatic rings. The Balaban J connectivity index is 2.21. The minimum absolute atomic E-state index is 0.0323. The first-order valence-corrected chi connectivity index (χ1v) is 5.78. The lowest BCUT2D eigenvalue weighted by Gasteiger charge is -2.05. The Bertz CT molecular complexity index is 690. The van der Waals surface area contributed by atoms with E-state index in [1.165, 1.54) is 30.5 Å². The van der Waals surface area contributed by atoms with Crippen molar-refractivity contribution < 1.29 is 9.18 Å². The quantitative estimate of drug-likeness (QED) is 0.687. The molecule has 0 unspecified atom stereocenters. The summed E-state index contributed by atoms with van der Waals surface area (Å²) in [4.78, 5) is 15.8. The van der Waals surface area contributed by atoms with Gasteiger partial charge in [0, 0.05) is 12.4 Å². The Hall–Kier alpha value is -3.00. The summed E-state index contributed by atoms with van der Waals surface area (Å²) < 4.78 is 13.4. The number of carbonyl (C=O) groups excluding carboxylic acids is 1. The minimum Gasteiger partial charge on any atom is -0.319 e. The lowest BCUT2D eigenvalue weighted by atomic mass is 10.1. The number of pyridine rings is 1. The molecule has 0 saturated heterocycles. The predicted octanol–water partition coefficient (Wildman–Crippen LogP) is 2.77. The van der Waals surface area contributed by atoms with Crippen LogP contribution in [0.5, 0.6) is 0 Å². The second-order valence-corrected chi connectivity index (χ2v) is 3.89. The normalized spacial score (nSPS) is 10.7. The first kappa shape index (κ1) is 13.4. The summed E-state index contributed by atoms with van der Waals surface area (Å²) >= 11 is 0. The summed E-state index contributed by atoms with van der Waals surface area (Å²) in [7, 11) is 0. The van der Waals surface area contributed by atoms with E-state index in [0.29, 0.717) is 5.56 Å². The minimum atomic E-state index is -0.665. The lowest BCUT2D eigenvalue weighted by Crippen LogP contribution is -2.14. The number of para-hydroxylation sites is 1. The Morgan fingerprint density at radius 1 is 1.30 bits per heavy atom. The van der Waals surface area contributed by atoms with Gasteiger partial charge in [0.15, 0.2) is 0 Å². The molecule has 0 aliphatic carbocycles. The van der Waals surface area contributed by atoms with Gasteiger partial charge in [0.05, 0.1) is 5.69 Å². The highest BCUT2D eigenvalue weighted by molar-refractivity contribution is 6.09. The molecule has 20 heavy (non-hydrogen) atoms. The maximum Gasteiger partial charge on any atom is 0.266 e. The number of amides is 1. The molecular formula is C15H10FN3O. The van der Waals surface area contributed by atoms with Gasteiger partial charge in [-0.1, -0.05) is 18.2 Å². The number of rotatable bonds is 3. The van der Waals surface area contributed by atoms with Crippen LogP contribution in [-0.4, -0.2) is 10.9 Å². The van der Waals surface area contributed by atoms with Crippen molar-refractivity contribution in [3.63, 3.8) is 0 Å². The molecule has 0 radical (unpaired) electrons. The molecule has 5 heteroatoms. The monoisotopic (exact) mass is 267 g/mol. The van der Waals surface area contributed by atoms with E-state index in [4.69, 9.17) is 5.26 Å². The third-order valence-corrected chi connectivity index (χ3v) is 2.48. The number of carbonyl (C=O) groups is 1. The molecule has 4 nitrogen and oxygen atoms in total. The van der Waals surface area contributed by atoms with Crippen LogP contribution < -0.4 is 5.32 Å². The van der Waals surface area contributed by atoms with E-state index >= 15 is 0 Å². The molecule has 2 aromatic rings. The van der Waals surface area contributed by atoms with Gasteiger partial charge < -0.3 is 5.32 Å². The van der Waals surface area contributed by atoms with Crippen LogP contribution in [-0.2, 0) is 4.79 Å². The number of benzene rings is 1. The van der Waals surface area contributed by atoms with Gasteiger partial charge in [-0.25, -0.2) is 4.39 Å². The Kier molecular flexibility index (Phi) is 4.20. The van der Waals surface area contributed by atoms with Gasteiger partial charge in [-0.15, -0.1) is 0 Å². The van der Waals surface area contributed by atoms with Crippen molar-refractivity contribution in [2.75, 3.05) is 5.32 Å². The molecule has 0 saturated carbocycles. The fourth-order valence-electron chi connectivity index (χ4n) is 1.53. The van der Waals surface area contributed by atoms with E-state index in [1.54, 1.807) is 30.5 Å². The van der Waals surface area contributed by atoms with Crippen molar-refractivity contribution in [3.8, 4) is 6.07 Å². The molecule has 1 aromatic heterocycles. The number of hydrogen-bond acceptors (Lipinski definition) is 3. The van der Waals surface area contributed by atoms with Gasteiger partial charge >= 0.3 is 0 Å². The van der Waals surface area contributed by atoms with E-state index in [9.17, 15) is 9.18 Å². The molecular weight excluding hydrogens is 257 g/mol. The van der Waals surface area contributed by atoms with E-state index in [-0.39, 0.29) is 11.3 Å². The summed E-state index contributed by atoms with van der Waals surface area (Å²) in [5, 5.41) is 11.4. The van der Waals surface area contributed by atoms with Crippen LogP contribution in [0.3, 0.4) is 0 Å². The maximum atomic E-state index is 13.4. The highest BCUT2D eigenvalue weighted by atomic mass is 19.1. The predicted molar refractivity (Wildman–Crippen MR) is 72.9 cm³/mol. The number of nitriles is 1. The second-order valence-electron chi connectivity index (χ2n) is 3.89. The van der Waals surface area contributed by atoms with Gasteiger partial charge in [0.25, 0.3) is 5.91 Å². The topological polar surface area (TPSA) is 65.8 Å². The average molecular weight is 267 g/mol. The summed E-state index contributed by atoms with van der Waals surface area (Å²) in [6.07, 6.45) is 4.50. The van der Waals surface area contributed by atoms with Crippen LogP contribution in [0.25, 0.3) is 6.08 Å². The molecule has 98 valence electrons. The van der Waals surface area contributed by atoms with Crippen molar-refractivity contribution in [2.24, 2.45) is 0 Å². The van der Waals surface area contributed by atoms with Gasteiger partial charge in [-0.2, -0.15) is 5.26 Å². The van der Waals surface area contributed by atoms with Crippen LogP contribution in [0, 0.1) is 17.1 Å². The summed E-state index contributed by atoms with van der Waals surface area (Å²) in [6, 6.07) is 10.9. The number of anilines is 1. The molecule has 0 bridgehead atoms. The molecule has 1 amide bonds. The number of aromatic nitrogens is 1. The largest absolute Gasteiger partial charge is 0.319 e. The third-order valence-electron chi connectivity index (χ3n) is 2.48. The standard InChI is InChI=1S/C15H10FN3O/c16-13-5-1-2-6-14(13)19-15(20)12(9-17)8-11-4-3-7-18-10-11/h1-8,10H,(H,19,20)/b12-8+. The number of nitrogens with one attached hydrogen (secondary N) is 1. The molecule has 0 aliphatic heterocycles. The van der Waals surface area contributed by atoms with Gasteiger partial charge in [-0.3, -0.25) is 9.78 Å². The fraction of sp³-hybridized carbons (Fsp3) is 0. The van der Waals surface area contributed by atoms with Crippen LogP contribution in [0.4, 0.5) is 10.1 Å².